The molecule has 36 heavy (non-hydrogen) atoms. The Morgan fingerprint density at radius 1 is 0.861 bits per heavy atom. The van der Waals surface area contributed by atoms with Crippen LogP contribution in [0.3, 0.4) is 0 Å². The number of carboxylic acid groups (broad SMARTS) is 1. The van der Waals surface area contributed by atoms with Crippen LogP contribution in [0.5, 0.6) is 0 Å². The van der Waals surface area contributed by atoms with Gasteiger partial charge in [-0.25, -0.2) is 0 Å². The topological polar surface area (TPSA) is 287 Å². The summed E-state index contributed by atoms with van der Waals surface area (Å²) in [4.78, 5) is 75.2. The highest BCUT2D eigenvalue weighted by molar-refractivity contribution is 5.95. The van der Waals surface area contributed by atoms with Crippen molar-refractivity contribution in [2.24, 2.45) is 33.8 Å². The first-order chi connectivity index (χ1) is 16.7. The van der Waals surface area contributed by atoms with E-state index in [-0.39, 0.29) is 31.3 Å². The SMILES string of the molecule is CC(C)C[C@H](N)C(=O)N[C@@H](CC(N)=O)C(=O)NCC(=O)N[C@@H](CCCN=C(N)N)C(=O)NCC(=O)O. The monoisotopic (exact) mass is 515 g/mol. The van der Waals surface area contributed by atoms with Crippen LogP contribution in [0.15, 0.2) is 4.99 Å². The Labute approximate surface area is 208 Å². The molecule has 0 saturated carbocycles. The van der Waals surface area contributed by atoms with E-state index in [2.05, 4.69) is 26.3 Å². The van der Waals surface area contributed by atoms with Crippen molar-refractivity contribution in [2.75, 3.05) is 19.6 Å². The van der Waals surface area contributed by atoms with Crippen molar-refractivity contribution in [2.45, 2.75) is 57.7 Å². The highest BCUT2D eigenvalue weighted by atomic mass is 16.4. The molecule has 16 nitrogen and oxygen atoms in total. The summed E-state index contributed by atoms with van der Waals surface area (Å²) >= 11 is 0. The van der Waals surface area contributed by atoms with Crippen LogP contribution in [-0.4, -0.2) is 84.3 Å². The van der Waals surface area contributed by atoms with Crippen molar-refractivity contribution < 1.29 is 33.9 Å². The van der Waals surface area contributed by atoms with Crippen LogP contribution in [0.2, 0.25) is 0 Å². The lowest BCUT2D eigenvalue weighted by Crippen LogP contribution is -2.55. The number of rotatable bonds is 17. The zero-order valence-electron chi connectivity index (χ0n) is 20.4. The maximum absolute atomic E-state index is 12.5. The van der Waals surface area contributed by atoms with E-state index in [0.29, 0.717) is 6.42 Å². The van der Waals surface area contributed by atoms with Gasteiger partial charge in [0.1, 0.15) is 18.6 Å². The van der Waals surface area contributed by atoms with Crippen LogP contribution in [0.4, 0.5) is 0 Å². The summed E-state index contributed by atoms with van der Waals surface area (Å²) in [6.07, 6.45) is 0.154. The molecule has 0 heterocycles. The first-order valence-electron chi connectivity index (χ1n) is 11.2. The quantitative estimate of drug-likeness (QED) is 0.0508. The number of amides is 5. The normalized spacial score (nSPS) is 13.0. The molecule has 13 N–H and O–H groups in total. The van der Waals surface area contributed by atoms with Gasteiger partial charge in [0.25, 0.3) is 0 Å². The lowest BCUT2D eigenvalue weighted by atomic mass is 10.0. The summed E-state index contributed by atoms with van der Waals surface area (Å²) in [5, 5.41) is 17.9. The van der Waals surface area contributed by atoms with Gasteiger partial charge >= 0.3 is 5.97 Å². The zero-order chi connectivity index (χ0) is 27.8. The highest BCUT2D eigenvalue weighted by Gasteiger charge is 2.27. The van der Waals surface area contributed by atoms with E-state index in [1.807, 2.05) is 13.8 Å². The molecule has 0 fully saturated rings. The van der Waals surface area contributed by atoms with Gasteiger partial charge in [0.15, 0.2) is 5.96 Å². The number of carbonyl (C=O) groups excluding carboxylic acids is 5. The smallest absolute Gasteiger partial charge is 0.322 e. The van der Waals surface area contributed by atoms with Crippen LogP contribution in [0.25, 0.3) is 0 Å². The summed E-state index contributed by atoms with van der Waals surface area (Å²) in [5.41, 5.74) is 21.4. The minimum Gasteiger partial charge on any atom is -0.480 e. The number of guanidine groups is 1. The van der Waals surface area contributed by atoms with Gasteiger partial charge in [-0.05, 0) is 25.2 Å². The van der Waals surface area contributed by atoms with Gasteiger partial charge in [-0.3, -0.25) is 33.8 Å². The molecule has 0 saturated heterocycles. The Morgan fingerprint density at radius 3 is 1.97 bits per heavy atom. The Balaban J connectivity index is 5.09. The number of aliphatic carboxylic acids is 1. The Hall–Kier alpha value is -3.95. The fourth-order valence-electron chi connectivity index (χ4n) is 2.90. The average Bonchev–Trinajstić information content (AvgIpc) is 2.76. The molecule has 3 atom stereocenters. The largest absolute Gasteiger partial charge is 0.480 e. The van der Waals surface area contributed by atoms with Gasteiger partial charge in [-0.2, -0.15) is 0 Å². The van der Waals surface area contributed by atoms with E-state index in [0.717, 1.165) is 0 Å². The van der Waals surface area contributed by atoms with Crippen molar-refractivity contribution in [1.29, 1.82) is 0 Å². The summed E-state index contributed by atoms with van der Waals surface area (Å²) in [6.45, 7) is 2.60. The molecule has 0 rings (SSSR count). The maximum Gasteiger partial charge on any atom is 0.322 e. The molecule has 0 aromatic heterocycles. The number of primary amides is 1. The molecule has 0 bridgehead atoms. The number of nitrogens with zero attached hydrogens (tertiary/aromatic N) is 1. The van der Waals surface area contributed by atoms with Crippen LogP contribution in [0.1, 0.15) is 39.5 Å². The molecular weight excluding hydrogens is 478 g/mol. The molecule has 0 radical (unpaired) electrons. The number of nitrogens with two attached hydrogens (primary N) is 4. The summed E-state index contributed by atoms with van der Waals surface area (Å²) in [5.74, 6) is -5.28. The standard InChI is InChI=1S/C20H37N9O7/c1-10(2)6-11(21)17(34)29-13(7-14(22)30)19(36)26-8-15(31)28-12(4-3-5-25-20(23)24)18(35)27-9-16(32)33/h10-13H,3-9,21H2,1-2H3,(H2,22,30)(H,26,36)(H,27,35)(H,28,31)(H,29,34)(H,32,33)(H4,23,24,25)/t11-,12-,13-/m0/s1. The minimum absolute atomic E-state index is 0.0655. The van der Waals surface area contributed by atoms with E-state index in [1.165, 1.54) is 0 Å². The number of nitrogens with one attached hydrogen (secondary N) is 4. The molecule has 0 aromatic rings. The predicted octanol–water partition coefficient (Wildman–Crippen LogP) is -4.42. The van der Waals surface area contributed by atoms with Crippen molar-refractivity contribution in [1.82, 2.24) is 21.3 Å². The number of hydrogen-bond acceptors (Lipinski definition) is 8. The van der Waals surface area contributed by atoms with Crippen molar-refractivity contribution in [3.63, 3.8) is 0 Å². The summed E-state index contributed by atoms with van der Waals surface area (Å²) in [6, 6.07) is -3.42. The third kappa shape index (κ3) is 15.0. The Bertz CT molecular complexity index is 828. The van der Waals surface area contributed by atoms with Gasteiger partial charge in [-0.1, -0.05) is 13.8 Å². The Morgan fingerprint density at radius 2 is 1.44 bits per heavy atom. The van der Waals surface area contributed by atoms with Crippen LogP contribution >= 0.6 is 0 Å². The number of carboxylic acids is 1. The zero-order valence-corrected chi connectivity index (χ0v) is 20.4. The number of carbonyl (C=O) groups is 6. The first-order valence-corrected chi connectivity index (χ1v) is 11.2. The minimum atomic E-state index is -1.37. The number of aliphatic imine (C=N–C) groups is 1. The Kier molecular flexibility index (Phi) is 14.8. The fourth-order valence-corrected chi connectivity index (χ4v) is 2.90. The molecule has 0 unspecified atom stereocenters. The van der Waals surface area contributed by atoms with E-state index in [4.69, 9.17) is 28.0 Å². The van der Waals surface area contributed by atoms with Crippen molar-refractivity contribution >= 4 is 41.5 Å². The first kappa shape index (κ1) is 32.0. The second-order valence-electron chi connectivity index (χ2n) is 8.37. The fraction of sp³-hybridized carbons (Fsp3) is 0.650. The molecule has 0 aliphatic heterocycles. The molecule has 0 aromatic carbocycles. The van der Waals surface area contributed by atoms with Gasteiger partial charge in [0.2, 0.25) is 29.5 Å². The maximum atomic E-state index is 12.5. The van der Waals surface area contributed by atoms with Crippen LogP contribution in [0, 0.1) is 5.92 Å². The molecule has 204 valence electrons. The van der Waals surface area contributed by atoms with Gasteiger partial charge in [-0.15, -0.1) is 0 Å². The lowest BCUT2D eigenvalue weighted by Gasteiger charge is -2.21. The molecule has 0 spiro atoms. The molecular formula is C20H37N9O7. The van der Waals surface area contributed by atoms with Crippen molar-refractivity contribution in [3.05, 3.63) is 0 Å². The second-order valence-corrected chi connectivity index (χ2v) is 8.37. The summed E-state index contributed by atoms with van der Waals surface area (Å²) < 4.78 is 0. The van der Waals surface area contributed by atoms with E-state index >= 15 is 0 Å². The predicted molar refractivity (Wildman–Crippen MR) is 129 cm³/mol. The van der Waals surface area contributed by atoms with E-state index in [9.17, 15) is 28.8 Å². The third-order valence-corrected chi connectivity index (χ3v) is 4.53. The van der Waals surface area contributed by atoms with Crippen molar-refractivity contribution in [3.8, 4) is 0 Å². The average molecular weight is 516 g/mol. The molecule has 5 amide bonds. The van der Waals surface area contributed by atoms with Gasteiger partial charge in [0.05, 0.1) is 19.0 Å². The molecule has 16 heteroatoms. The van der Waals surface area contributed by atoms with E-state index in [1.54, 1.807) is 0 Å². The molecule has 0 aliphatic carbocycles. The number of hydrogen-bond donors (Lipinski definition) is 9. The highest BCUT2D eigenvalue weighted by Crippen LogP contribution is 2.04. The molecule has 0 aliphatic rings. The summed E-state index contributed by atoms with van der Waals surface area (Å²) in [7, 11) is 0. The van der Waals surface area contributed by atoms with E-state index < -0.39 is 73.1 Å². The lowest BCUT2D eigenvalue weighted by molar-refractivity contribution is -0.138. The van der Waals surface area contributed by atoms with Crippen LogP contribution in [-0.2, 0) is 28.8 Å². The van der Waals surface area contributed by atoms with Gasteiger partial charge < -0.3 is 49.3 Å². The second kappa shape index (κ2) is 16.6. The van der Waals surface area contributed by atoms with Gasteiger partial charge in [0, 0.05) is 6.54 Å². The van der Waals surface area contributed by atoms with Crippen LogP contribution < -0.4 is 44.2 Å². The third-order valence-electron chi connectivity index (χ3n) is 4.53.